The molecular formula is C29H40ClF4N3O2S. The van der Waals surface area contributed by atoms with Gasteiger partial charge in [-0.25, -0.2) is 12.8 Å². The number of hydrogen-bond donors (Lipinski definition) is 1. The van der Waals surface area contributed by atoms with E-state index in [9.17, 15) is 26.0 Å². The maximum atomic E-state index is 14.3. The van der Waals surface area contributed by atoms with Crippen LogP contribution in [-0.2, 0) is 16.6 Å². The predicted octanol–water partition coefficient (Wildman–Crippen LogP) is 8.36. The van der Waals surface area contributed by atoms with Crippen molar-refractivity contribution in [3.63, 3.8) is 0 Å². The molecule has 40 heavy (non-hydrogen) atoms. The van der Waals surface area contributed by atoms with Crippen molar-refractivity contribution in [2.75, 3.05) is 6.54 Å². The second-order valence-corrected chi connectivity index (χ2v) is 12.0. The average Bonchev–Trinajstić information content (AvgIpc) is 2.90. The molecule has 1 atom stereocenters. The zero-order chi connectivity index (χ0) is 30.2. The molecule has 0 saturated heterocycles. The summed E-state index contributed by atoms with van der Waals surface area (Å²) in [4.78, 5) is -0.171. The largest absolute Gasteiger partial charge is 0.389 e. The van der Waals surface area contributed by atoms with E-state index < -0.39 is 47.4 Å². The molecule has 0 spiro atoms. The first kappa shape index (κ1) is 35.8. The van der Waals surface area contributed by atoms with Crippen LogP contribution < -0.4 is 5.73 Å². The summed E-state index contributed by atoms with van der Waals surface area (Å²) in [5.41, 5.74) is 5.38. The molecule has 0 unspecified atom stereocenters. The zero-order valence-electron chi connectivity index (χ0n) is 23.2. The van der Waals surface area contributed by atoms with Crippen molar-refractivity contribution in [3.05, 3.63) is 64.4 Å². The van der Waals surface area contributed by atoms with Gasteiger partial charge in [0.15, 0.2) is 0 Å². The lowest BCUT2D eigenvalue weighted by atomic mass is 10.1. The molecule has 0 aliphatic rings. The van der Waals surface area contributed by atoms with Gasteiger partial charge in [0.25, 0.3) is 0 Å². The smallest absolute Gasteiger partial charge is 0.330 e. The Bertz CT molecular complexity index is 1150. The molecule has 224 valence electrons. The summed E-state index contributed by atoms with van der Waals surface area (Å²) >= 11 is 5.77. The zero-order valence-corrected chi connectivity index (χ0v) is 24.8. The molecule has 11 heteroatoms. The van der Waals surface area contributed by atoms with E-state index in [0.29, 0.717) is 5.02 Å². The molecule has 2 N–H and O–H groups in total. The lowest BCUT2D eigenvalue weighted by Gasteiger charge is -2.29. The van der Waals surface area contributed by atoms with E-state index >= 15 is 0 Å². The monoisotopic (exact) mass is 605 g/mol. The topological polar surface area (TPSA) is 87.2 Å². The molecule has 5 nitrogen and oxygen atoms in total. The van der Waals surface area contributed by atoms with Gasteiger partial charge in [0.1, 0.15) is 5.82 Å². The summed E-state index contributed by atoms with van der Waals surface area (Å²) in [7, 11) is -4.24. The van der Waals surface area contributed by atoms with Gasteiger partial charge in [0, 0.05) is 29.6 Å². The Morgan fingerprint density at radius 3 is 2.08 bits per heavy atom. The third-order valence-corrected chi connectivity index (χ3v) is 8.55. The normalized spacial score (nSPS) is 12.5. The maximum absolute atomic E-state index is 14.3. The SMILES string of the molecule is CCCCCCCCCCN.C[C@H](CCC(F)(F)F)N(Cc1ccc(C#N)cc1F)S(=O)(=O)c1ccc(Cl)cc1. The summed E-state index contributed by atoms with van der Waals surface area (Å²) in [6, 6.07) is 9.35. The fourth-order valence-electron chi connectivity index (χ4n) is 3.93. The number of alkyl halides is 3. The van der Waals surface area contributed by atoms with E-state index in [1.54, 1.807) is 6.07 Å². The number of sulfonamides is 1. The van der Waals surface area contributed by atoms with Crippen LogP contribution in [0.1, 0.15) is 89.2 Å². The Labute approximate surface area is 241 Å². The Balaban J connectivity index is 0.000000614. The molecular weight excluding hydrogens is 566 g/mol. The molecule has 2 aromatic carbocycles. The summed E-state index contributed by atoms with van der Waals surface area (Å²) in [6.07, 6.45) is 4.85. The minimum absolute atomic E-state index is 0.0449. The fourth-order valence-corrected chi connectivity index (χ4v) is 5.69. The van der Waals surface area contributed by atoms with Gasteiger partial charge in [0.05, 0.1) is 16.5 Å². The molecule has 0 radical (unpaired) electrons. The molecule has 0 saturated carbocycles. The van der Waals surface area contributed by atoms with Gasteiger partial charge in [-0.1, -0.05) is 69.5 Å². The Kier molecular flexibility index (Phi) is 16.4. The Morgan fingerprint density at radius 2 is 1.57 bits per heavy atom. The average molecular weight is 606 g/mol. The van der Waals surface area contributed by atoms with Gasteiger partial charge in [-0.15, -0.1) is 0 Å². The molecule has 2 aromatic rings. The highest BCUT2D eigenvalue weighted by Gasteiger charge is 2.34. The van der Waals surface area contributed by atoms with Crippen molar-refractivity contribution in [1.29, 1.82) is 5.26 Å². The van der Waals surface area contributed by atoms with Crippen molar-refractivity contribution < 1.29 is 26.0 Å². The number of benzene rings is 2. The number of halogens is 5. The van der Waals surface area contributed by atoms with Crippen molar-refractivity contribution >= 4 is 21.6 Å². The van der Waals surface area contributed by atoms with Crippen LogP contribution in [0, 0.1) is 17.1 Å². The van der Waals surface area contributed by atoms with E-state index in [1.165, 1.54) is 94.7 Å². The molecule has 0 aliphatic heterocycles. The molecule has 0 aromatic heterocycles. The summed E-state index contributed by atoms with van der Waals surface area (Å²) < 4.78 is 79.2. The number of nitrogens with two attached hydrogens (primary N) is 1. The van der Waals surface area contributed by atoms with Crippen LogP contribution in [-0.4, -0.2) is 31.5 Å². The molecule has 0 aliphatic carbocycles. The number of hydrogen-bond acceptors (Lipinski definition) is 4. The van der Waals surface area contributed by atoms with E-state index in [0.717, 1.165) is 16.9 Å². The van der Waals surface area contributed by atoms with Crippen LogP contribution in [0.2, 0.25) is 5.02 Å². The summed E-state index contributed by atoms with van der Waals surface area (Å²) in [5, 5.41) is 9.12. The fraction of sp³-hybridized carbons (Fsp3) is 0.552. The Morgan fingerprint density at radius 1 is 1.00 bits per heavy atom. The van der Waals surface area contributed by atoms with Gasteiger partial charge in [0.2, 0.25) is 10.0 Å². The quantitative estimate of drug-likeness (QED) is 0.163. The van der Waals surface area contributed by atoms with E-state index in [-0.39, 0.29) is 16.0 Å². The van der Waals surface area contributed by atoms with Gasteiger partial charge in [-0.05, 0) is 62.7 Å². The lowest BCUT2D eigenvalue weighted by Crippen LogP contribution is -2.39. The van der Waals surface area contributed by atoms with Crippen molar-refractivity contribution in [2.24, 2.45) is 5.73 Å². The van der Waals surface area contributed by atoms with E-state index in [2.05, 4.69) is 6.92 Å². The standard InChI is InChI=1S/C19H17ClF4N2O2S.C10H23N/c1-13(8-9-19(22,23)24)26(12-15-3-2-14(11-25)10-18(15)21)29(27,28)17-6-4-16(20)5-7-17;1-2-3-4-5-6-7-8-9-10-11/h2-7,10,13H,8-9,12H2,1H3;2-11H2,1H3/t13-;/m1./s1. The third-order valence-electron chi connectivity index (χ3n) is 6.32. The van der Waals surface area contributed by atoms with Crippen LogP contribution in [0.4, 0.5) is 17.6 Å². The van der Waals surface area contributed by atoms with Gasteiger partial charge in [-0.2, -0.15) is 22.7 Å². The van der Waals surface area contributed by atoms with Crippen molar-refractivity contribution in [2.45, 2.75) is 102 Å². The summed E-state index contributed by atoms with van der Waals surface area (Å²) in [6.45, 7) is 3.98. The first-order valence-electron chi connectivity index (χ1n) is 13.6. The highest BCUT2D eigenvalue weighted by atomic mass is 35.5. The molecule has 0 bridgehead atoms. The van der Waals surface area contributed by atoms with Gasteiger partial charge < -0.3 is 5.73 Å². The number of nitriles is 1. The first-order chi connectivity index (χ1) is 18.8. The van der Waals surface area contributed by atoms with Crippen LogP contribution in [0.3, 0.4) is 0 Å². The maximum Gasteiger partial charge on any atom is 0.389 e. The van der Waals surface area contributed by atoms with E-state index in [4.69, 9.17) is 22.6 Å². The third kappa shape index (κ3) is 13.4. The van der Waals surface area contributed by atoms with Crippen molar-refractivity contribution in [3.8, 4) is 6.07 Å². The number of nitrogens with zero attached hydrogens (tertiary/aromatic N) is 2. The second-order valence-electron chi connectivity index (χ2n) is 9.69. The van der Waals surface area contributed by atoms with Crippen LogP contribution in [0.25, 0.3) is 0 Å². The van der Waals surface area contributed by atoms with Crippen LogP contribution >= 0.6 is 11.6 Å². The minimum atomic E-state index is -4.45. The van der Waals surface area contributed by atoms with Crippen LogP contribution in [0.15, 0.2) is 47.4 Å². The first-order valence-corrected chi connectivity index (χ1v) is 15.4. The molecule has 0 heterocycles. The number of unbranched alkanes of at least 4 members (excludes halogenated alkanes) is 7. The Hall–Kier alpha value is -2.19. The predicted molar refractivity (Wildman–Crippen MR) is 152 cm³/mol. The highest BCUT2D eigenvalue weighted by Crippen LogP contribution is 2.29. The molecule has 2 rings (SSSR count). The number of rotatable bonds is 15. The molecule has 0 fully saturated rings. The highest BCUT2D eigenvalue weighted by molar-refractivity contribution is 7.89. The van der Waals surface area contributed by atoms with Gasteiger partial charge >= 0.3 is 6.18 Å². The van der Waals surface area contributed by atoms with Crippen LogP contribution in [0.5, 0.6) is 0 Å². The van der Waals surface area contributed by atoms with Gasteiger partial charge in [-0.3, -0.25) is 0 Å². The minimum Gasteiger partial charge on any atom is -0.330 e. The second kappa shape index (κ2) is 18.3. The lowest BCUT2D eigenvalue weighted by molar-refractivity contribution is -0.137. The molecule has 0 amide bonds. The van der Waals surface area contributed by atoms with Crippen molar-refractivity contribution in [1.82, 2.24) is 4.31 Å². The van der Waals surface area contributed by atoms with E-state index in [1.807, 2.05) is 0 Å². The summed E-state index contributed by atoms with van der Waals surface area (Å²) in [5.74, 6) is -0.816.